The number of rotatable bonds is 9. The highest BCUT2D eigenvalue weighted by molar-refractivity contribution is 6.30. The van der Waals surface area contributed by atoms with Crippen LogP contribution < -0.4 is 24.8 Å². The van der Waals surface area contributed by atoms with Crippen LogP contribution in [0.1, 0.15) is 11.1 Å². The summed E-state index contributed by atoms with van der Waals surface area (Å²) in [5.74, 6) is 1.93. The molecule has 2 rings (SSSR count). The molecule has 0 aliphatic carbocycles. The Hall–Kier alpha value is -2.74. The molecule has 158 valence electrons. The van der Waals surface area contributed by atoms with Gasteiger partial charge in [0, 0.05) is 30.7 Å². The fraction of sp³-hybridized carbons (Fsp3) is 0.350. The summed E-state index contributed by atoms with van der Waals surface area (Å²) in [4.78, 5) is 4.14. The second-order valence-electron chi connectivity index (χ2n) is 5.92. The lowest BCUT2D eigenvalue weighted by Crippen LogP contribution is -2.38. The first kappa shape index (κ1) is 22.5. The number of nitrogens with zero attached hydrogens (tertiary/aromatic N) is 1. The Bertz CT molecular complexity index is 835. The molecule has 0 aromatic heterocycles. The van der Waals surface area contributed by atoms with Crippen molar-refractivity contribution in [3.05, 3.63) is 52.5 Å². The Morgan fingerprint density at radius 2 is 1.76 bits per heavy atom. The molecule has 2 aromatic rings. The third kappa shape index (κ3) is 6.98. The van der Waals surface area contributed by atoms with Crippen LogP contribution in [0, 0.1) is 0 Å². The van der Waals surface area contributed by atoms with Crippen LogP contribution in [0.25, 0.3) is 0 Å². The fourth-order valence-corrected chi connectivity index (χ4v) is 2.85. The van der Waals surface area contributed by atoms with E-state index in [0.717, 1.165) is 12.0 Å². The van der Waals surface area contributed by atoms with E-state index < -0.39 is 6.61 Å². The number of hydrogen-bond acceptors (Lipinski definition) is 4. The normalized spacial score (nSPS) is 11.3. The van der Waals surface area contributed by atoms with Gasteiger partial charge in [-0.1, -0.05) is 17.7 Å². The molecule has 0 fully saturated rings. The molecule has 0 aliphatic rings. The Morgan fingerprint density at radius 1 is 1.03 bits per heavy atom. The number of guanidine groups is 1. The van der Waals surface area contributed by atoms with Crippen LogP contribution >= 0.6 is 11.6 Å². The van der Waals surface area contributed by atoms with Gasteiger partial charge in [0.2, 0.25) is 0 Å². The van der Waals surface area contributed by atoms with Crippen molar-refractivity contribution < 1.29 is 23.0 Å². The van der Waals surface area contributed by atoms with Gasteiger partial charge in [0.05, 0.1) is 14.2 Å². The number of alkyl halides is 2. The number of benzene rings is 2. The molecule has 9 heteroatoms. The number of methoxy groups -OCH3 is 2. The van der Waals surface area contributed by atoms with Crippen LogP contribution in [-0.2, 0) is 13.0 Å². The van der Waals surface area contributed by atoms with Gasteiger partial charge in [-0.3, -0.25) is 4.99 Å². The third-order valence-corrected chi connectivity index (χ3v) is 4.30. The Morgan fingerprint density at radius 3 is 2.41 bits per heavy atom. The van der Waals surface area contributed by atoms with E-state index >= 15 is 0 Å². The standard InChI is InChI=1S/C20H24ClF2N3O3/c1-24-20(25-9-8-13-4-6-17(27-2)18(10-13)28-3)26-12-14-11-15(21)5-7-16(14)29-19(22)23/h4-7,10-11,19H,8-9,12H2,1-3H3,(H2,24,25,26). The zero-order valence-electron chi connectivity index (χ0n) is 16.5. The Balaban J connectivity index is 1.91. The summed E-state index contributed by atoms with van der Waals surface area (Å²) in [5, 5.41) is 6.67. The average Bonchev–Trinajstić information content (AvgIpc) is 2.71. The first-order valence-electron chi connectivity index (χ1n) is 8.85. The highest BCUT2D eigenvalue weighted by atomic mass is 35.5. The second-order valence-corrected chi connectivity index (χ2v) is 6.36. The van der Waals surface area contributed by atoms with Crippen molar-refractivity contribution >= 4 is 17.6 Å². The molecule has 0 bridgehead atoms. The lowest BCUT2D eigenvalue weighted by molar-refractivity contribution is -0.0504. The first-order chi connectivity index (χ1) is 14.0. The van der Waals surface area contributed by atoms with Gasteiger partial charge in [0.25, 0.3) is 0 Å². The molecule has 2 aromatic carbocycles. The van der Waals surface area contributed by atoms with Crippen molar-refractivity contribution in [1.82, 2.24) is 10.6 Å². The smallest absolute Gasteiger partial charge is 0.387 e. The molecule has 0 atom stereocenters. The number of ether oxygens (including phenoxy) is 3. The Kier molecular flexibility index (Phi) is 8.79. The SMILES string of the molecule is CN=C(NCCc1ccc(OC)c(OC)c1)NCc1cc(Cl)ccc1OC(F)F. The van der Waals surface area contributed by atoms with Gasteiger partial charge >= 0.3 is 6.61 Å². The van der Waals surface area contributed by atoms with Crippen LogP contribution in [0.5, 0.6) is 17.2 Å². The van der Waals surface area contributed by atoms with E-state index in [2.05, 4.69) is 20.4 Å². The van der Waals surface area contributed by atoms with E-state index in [-0.39, 0.29) is 12.3 Å². The Labute approximate surface area is 173 Å². The maximum absolute atomic E-state index is 12.6. The van der Waals surface area contributed by atoms with Gasteiger partial charge in [-0.2, -0.15) is 8.78 Å². The minimum atomic E-state index is -2.91. The van der Waals surface area contributed by atoms with Gasteiger partial charge in [-0.05, 0) is 42.3 Å². The van der Waals surface area contributed by atoms with Crippen molar-refractivity contribution in [3.63, 3.8) is 0 Å². The quantitative estimate of drug-likeness (QED) is 0.470. The summed E-state index contributed by atoms with van der Waals surface area (Å²) in [6.07, 6.45) is 0.720. The summed E-state index contributed by atoms with van der Waals surface area (Å²) in [5.41, 5.74) is 1.56. The molecule has 0 heterocycles. The zero-order valence-corrected chi connectivity index (χ0v) is 17.2. The van der Waals surface area contributed by atoms with Crippen molar-refractivity contribution in [2.24, 2.45) is 4.99 Å². The minimum absolute atomic E-state index is 0.0673. The highest BCUT2D eigenvalue weighted by Gasteiger charge is 2.11. The molecule has 0 saturated heterocycles. The van der Waals surface area contributed by atoms with Crippen LogP contribution in [0.2, 0.25) is 5.02 Å². The number of nitrogens with one attached hydrogen (secondary N) is 2. The van der Waals surface area contributed by atoms with Crippen molar-refractivity contribution in [2.75, 3.05) is 27.8 Å². The molecule has 0 saturated carbocycles. The molecule has 0 radical (unpaired) electrons. The van der Waals surface area contributed by atoms with E-state index in [0.29, 0.717) is 34.6 Å². The van der Waals surface area contributed by atoms with E-state index in [1.165, 1.54) is 12.1 Å². The maximum atomic E-state index is 12.6. The molecular formula is C20H24ClF2N3O3. The average molecular weight is 428 g/mol. The van der Waals surface area contributed by atoms with Crippen molar-refractivity contribution in [1.29, 1.82) is 0 Å². The topological polar surface area (TPSA) is 64.1 Å². The lowest BCUT2D eigenvalue weighted by Gasteiger charge is -2.15. The number of hydrogen-bond donors (Lipinski definition) is 2. The summed E-state index contributed by atoms with van der Waals surface area (Å²) in [6, 6.07) is 10.2. The van der Waals surface area contributed by atoms with Crippen LogP contribution in [0.15, 0.2) is 41.4 Å². The van der Waals surface area contributed by atoms with E-state index in [9.17, 15) is 8.78 Å². The predicted molar refractivity (Wildman–Crippen MR) is 110 cm³/mol. The molecular weight excluding hydrogens is 404 g/mol. The van der Waals surface area contributed by atoms with E-state index in [1.54, 1.807) is 27.3 Å². The van der Waals surface area contributed by atoms with Crippen molar-refractivity contribution in [3.8, 4) is 17.2 Å². The molecule has 6 nitrogen and oxygen atoms in total. The second kappa shape index (κ2) is 11.3. The largest absolute Gasteiger partial charge is 0.493 e. The predicted octanol–water partition coefficient (Wildman–Crippen LogP) is 3.87. The summed E-state index contributed by atoms with van der Waals surface area (Å²) < 4.78 is 40.2. The van der Waals surface area contributed by atoms with E-state index in [1.807, 2.05) is 18.2 Å². The van der Waals surface area contributed by atoms with Gasteiger partial charge in [-0.25, -0.2) is 0 Å². The van der Waals surface area contributed by atoms with Gasteiger partial charge in [-0.15, -0.1) is 0 Å². The third-order valence-electron chi connectivity index (χ3n) is 4.06. The van der Waals surface area contributed by atoms with Crippen LogP contribution in [0.3, 0.4) is 0 Å². The van der Waals surface area contributed by atoms with Crippen LogP contribution in [-0.4, -0.2) is 40.4 Å². The van der Waals surface area contributed by atoms with Gasteiger partial charge < -0.3 is 24.8 Å². The summed E-state index contributed by atoms with van der Waals surface area (Å²) >= 11 is 5.96. The number of halogens is 3. The van der Waals surface area contributed by atoms with Gasteiger partial charge in [0.15, 0.2) is 17.5 Å². The molecule has 0 unspecified atom stereocenters. The molecule has 29 heavy (non-hydrogen) atoms. The lowest BCUT2D eigenvalue weighted by atomic mass is 10.1. The number of aliphatic imine (C=N–C) groups is 1. The molecule has 0 aliphatic heterocycles. The maximum Gasteiger partial charge on any atom is 0.387 e. The van der Waals surface area contributed by atoms with Crippen LogP contribution in [0.4, 0.5) is 8.78 Å². The van der Waals surface area contributed by atoms with Crippen molar-refractivity contribution in [2.45, 2.75) is 19.6 Å². The monoisotopic (exact) mass is 427 g/mol. The molecule has 0 amide bonds. The minimum Gasteiger partial charge on any atom is -0.493 e. The van der Waals surface area contributed by atoms with E-state index in [4.69, 9.17) is 21.1 Å². The summed E-state index contributed by atoms with van der Waals surface area (Å²) in [7, 11) is 4.81. The van der Waals surface area contributed by atoms with Gasteiger partial charge in [0.1, 0.15) is 5.75 Å². The highest BCUT2D eigenvalue weighted by Crippen LogP contribution is 2.27. The molecule has 0 spiro atoms. The molecule has 2 N–H and O–H groups in total. The zero-order chi connectivity index (χ0) is 21.2. The first-order valence-corrected chi connectivity index (χ1v) is 9.23. The summed E-state index contributed by atoms with van der Waals surface area (Å²) in [6.45, 7) is -2.09. The fourth-order valence-electron chi connectivity index (χ4n) is 2.66.